The lowest BCUT2D eigenvalue weighted by atomic mass is 10.1. The lowest BCUT2D eigenvalue weighted by molar-refractivity contribution is -0.124. The molecule has 0 spiro atoms. The number of aromatic nitrogens is 2. The zero-order valence-corrected chi connectivity index (χ0v) is 17.4. The summed E-state index contributed by atoms with van der Waals surface area (Å²) in [6.07, 6.45) is 1.64. The fourth-order valence-corrected chi connectivity index (χ4v) is 4.18. The molecule has 3 aromatic rings. The average molecular weight is 413 g/mol. The van der Waals surface area contributed by atoms with Gasteiger partial charge >= 0.3 is 5.97 Å². The summed E-state index contributed by atoms with van der Waals surface area (Å²) < 4.78 is 5.15. The molecule has 0 fully saturated rings. The van der Waals surface area contributed by atoms with E-state index < -0.39 is 5.97 Å². The molecule has 1 aromatic carbocycles. The zero-order chi connectivity index (χ0) is 21.0. The molecule has 152 valence electrons. The first kappa shape index (κ1) is 20.7. The van der Waals surface area contributed by atoms with E-state index in [2.05, 4.69) is 15.3 Å². The molecule has 8 heteroatoms. The Labute approximate surface area is 172 Å². The van der Waals surface area contributed by atoms with Crippen LogP contribution in [0.15, 0.2) is 35.1 Å². The summed E-state index contributed by atoms with van der Waals surface area (Å²) in [4.78, 5) is 44.3. The van der Waals surface area contributed by atoms with Crippen LogP contribution in [-0.4, -0.2) is 34.5 Å². The van der Waals surface area contributed by atoms with Gasteiger partial charge in [0.05, 0.1) is 5.39 Å². The molecule has 29 heavy (non-hydrogen) atoms. The maximum Gasteiger partial charge on any atom is 0.349 e. The molecule has 2 N–H and O–H groups in total. The first-order valence-electron chi connectivity index (χ1n) is 9.35. The average Bonchev–Trinajstić information content (AvgIpc) is 3.02. The van der Waals surface area contributed by atoms with Gasteiger partial charge < -0.3 is 15.0 Å². The van der Waals surface area contributed by atoms with E-state index in [0.717, 1.165) is 24.2 Å². The number of aromatic amines is 1. The van der Waals surface area contributed by atoms with E-state index in [0.29, 0.717) is 21.6 Å². The summed E-state index contributed by atoms with van der Waals surface area (Å²) in [6, 6.07) is 9.99. The van der Waals surface area contributed by atoms with Crippen LogP contribution in [0.2, 0.25) is 0 Å². The predicted octanol–water partition coefficient (Wildman–Crippen LogP) is 2.90. The van der Waals surface area contributed by atoms with Crippen LogP contribution in [0.5, 0.6) is 0 Å². The highest BCUT2D eigenvalue weighted by atomic mass is 32.1. The third-order valence-corrected chi connectivity index (χ3v) is 5.72. The highest BCUT2D eigenvalue weighted by molar-refractivity contribution is 7.20. The van der Waals surface area contributed by atoms with E-state index in [1.54, 1.807) is 13.8 Å². The van der Waals surface area contributed by atoms with Crippen molar-refractivity contribution in [2.45, 2.75) is 39.7 Å². The largest absolute Gasteiger partial charge is 0.451 e. The first-order valence-corrected chi connectivity index (χ1v) is 10.2. The van der Waals surface area contributed by atoms with E-state index in [1.807, 2.05) is 37.3 Å². The van der Waals surface area contributed by atoms with Gasteiger partial charge in [-0.15, -0.1) is 11.3 Å². The summed E-state index contributed by atoms with van der Waals surface area (Å²) in [6.45, 7) is 4.90. The number of fused-ring (bicyclic) bond motifs is 1. The number of aryl methyl sites for hydroxylation is 3. The number of amides is 1. The Kier molecular flexibility index (Phi) is 6.43. The Morgan fingerprint density at radius 3 is 2.69 bits per heavy atom. The quantitative estimate of drug-likeness (QED) is 0.580. The molecule has 2 heterocycles. The summed E-state index contributed by atoms with van der Waals surface area (Å²) in [5.74, 6) is -0.508. The number of carbonyl (C=O) groups is 2. The number of H-pyrrole nitrogens is 1. The van der Waals surface area contributed by atoms with Crippen molar-refractivity contribution in [1.29, 1.82) is 0 Å². The summed E-state index contributed by atoms with van der Waals surface area (Å²) >= 11 is 1.09. The molecule has 1 atom stereocenters. The van der Waals surface area contributed by atoms with Gasteiger partial charge in [0.1, 0.15) is 15.5 Å². The first-order chi connectivity index (χ1) is 13.8. The van der Waals surface area contributed by atoms with Gasteiger partial charge in [-0.1, -0.05) is 30.3 Å². The monoisotopic (exact) mass is 413 g/mol. The molecule has 0 aliphatic rings. The van der Waals surface area contributed by atoms with Crippen LogP contribution in [0.3, 0.4) is 0 Å². The lowest BCUT2D eigenvalue weighted by Crippen LogP contribution is -2.36. The molecule has 0 saturated heterocycles. The Morgan fingerprint density at radius 2 is 1.97 bits per heavy atom. The molecule has 0 aliphatic carbocycles. The van der Waals surface area contributed by atoms with Crippen LogP contribution >= 0.6 is 11.3 Å². The minimum Gasteiger partial charge on any atom is -0.451 e. The number of nitrogens with one attached hydrogen (secondary N) is 2. The number of hydrogen-bond donors (Lipinski definition) is 2. The number of rotatable bonds is 7. The van der Waals surface area contributed by atoms with Gasteiger partial charge in [0.25, 0.3) is 11.5 Å². The summed E-state index contributed by atoms with van der Waals surface area (Å²) in [7, 11) is 0. The van der Waals surface area contributed by atoms with Gasteiger partial charge in [-0.05, 0) is 44.7 Å². The fourth-order valence-electron chi connectivity index (χ4n) is 3.06. The molecule has 1 unspecified atom stereocenters. The fraction of sp³-hybridized carbons (Fsp3) is 0.333. The number of carbonyl (C=O) groups excluding carboxylic acids is 2. The Morgan fingerprint density at radius 1 is 1.24 bits per heavy atom. The van der Waals surface area contributed by atoms with Crippen molar-refractivity contribution >= 4 is 33.4 Å². The number of esters is 1. The van der Waals surface area contributed by atoms with E-state index in [1.165, 1.54) is 5.56 Å². The standard InChI is InChI=1S/C21H23N3O4S/c1-12(9-10-15-7-5-4-6-8-15)22-16(25)11-28-21(27)18-13(2)17-19(26)23-14(3)24-20(17)29-18/h4-8,12H,9-11H2,1-3H3,(H,22,25)(H,23,24,26). The minimum absolute atomic E-state index is 0.0433. The van der Waals surface area contributed by atoms with Crippen molar-refractivity contribution in [2.75, 3.05) is 6.61 Å². The van der Waals surface area contributed by atoms with Gasteiger partial charge in [-0.25, -0.2) is 9.78 Å². The van der Waals surface area contributed by atoms with Crippen molar-refractivity contribution in [3.63, 3.8) is 0 Å². The van der Waals surface area contributed by atoms with Crippen molar-refractivity contribution < 1.29 is 14.3 Å². The Bertz CT molecular complexity index is 1090. The van der Waals surface area contributed by atoms with E-state index in [4.69, 9.17) is 4.74 Å². The van der Waals surface area contributed by atoms with Crippen molar-refractivity contribution in [2.24, 2.45) is 0 Å². The van der Waals surface area contributed by atoms with Crippen LogP contribution in [0.25, 0.3) is 10.2 Å². The number of benzene rings is 1. The van der Waals surface area contributed by atoms with Gasteiger partial charge in [0.15, 0.2) is 6.61 Å². The molecule has 1 amide bonds. The highest BCUT2D eigenvalue weighted by Gasteiger charge is 2.21. The second-order valence-electron chi connectivity index (χ2n) is 6.96. The van der Waals surface area contributed by atoms with Crippen LogP contribution in [0.1, 0.15) is 40.0 Å². The normalized spacial score (nSPS) is 12.0. The van der Waals surface area contributed by atoms with E-state index in [9.17, 15) is 14.4 Å². The lowest BCUT2D eigenvalue weighted by Gasteiger charge is -2.14. The zero-order valence-electron chi connectivity index (χ0n) is 16.6. The third-order valence-electron chi connectivity index (χ3n) is 4.55. The summed E-state index contributed by atoms with van der Waals surface area (Å²) in [5, 5.41) is 3.22. The van der Waals surface area contributed by atoms with Gasteiger partial charge in [0, 0.05) is 6.04 Å². The van der Waals surface area contributed by atoms with Crippen molar-refractivity contribution in [3.8, 4) is 0 Å². The predicted molar refractivity (Wildman–Crippen MR) is 112 cm³/mol. The van der Waals surface area contributed by atoms with Gasteiger partial charge in [-0.2, -0.15) is 0 Å². The topological polar surface area (TPSA) is 101 Å². The van der Waals surface area contributed by atoms with Crippen LogP contribution in [0, 0.1) is 13.8 Å². The van der Waals surface area contributed by atoms with Gasteiger partial charge in [0.2, 0.25) is 0 Å². The number of ether oxygens (including phenoxy) is 1. The highest BCUT2D eigenvalue weighted by Crippen LogP contribution is 2.27. The molecule has 0 bridgehead atoms. The molecular weight excluding hydrogens is 390 g/mol. The molecule has 0 saturated carbocycles. The molecule has 0 aliphatic heterocycles. The molecule has 0 radical (unpaired) electrons. The Hall–Kier alpha value is -3.00. The third kappa shape index (κ3) is 5.08. The maximum absolute atomic E-state index is 12.4. The van der Waals surface area contributed by atoms with Crippen molar-refractivity contribution in [3.05, 3.63) is 62.5 Å². The molecule has 3 rings (SSSR count). The van der Waals surface area contributed by atoms with Crippen LogP contribution in [-0.2, 0) is 16.0 Å². The molecule has 2 aromatic heterocycles. The van der Waals surface area contributed by atoms with Crippen LogP contribution < -0.4 is 10.9 Å². The number of hydrogen-bond acceptors (Lipinski definition) is 6. The molecule has 7 nitrogen and oxygen atoms in total. The second-order valence-corrected chi connectivity index (χ2v) is 7.96. The second kappa shape index (κ2) is 9.00. The number of thiophene rings is 1. The SMILES string of the molecule is Cc1nc2sc(C(=O)OCC(=O)NC(C)CCc3ccccc3)c(C)c2c(=O)[nH]1. The van der Waals surface area contributed by atoms with Crippen LogP contribution in [0.4, 0.5) is 0 Å². The van der Waals surface area contributed by atoms with E-state index >= 15 is 0 Å². The summed E-state index contributed by atoms with van der Waals surface area (Å²) in [5.41, 5.74) is 1.43. The van der Waals surface area contributed by atoms with Crippen molar-refractivity contribution in [1.82, 2.24) is 15.3 Å². The molecular formula is C21H23N3O4S. The van der Waals surface area contributed by atoms with Gasteiger partial charge in [-0.3, -0.25) is 9.59 Å². The van der Waals surface area contributed by atoms with E-state index in [-0.39, 0.29) is 29.0 Å². The smallest absolute Gasteiger partial charge is 0.349 e. The maximum atomic E-state index is 12.4. The minimum atomic E-state index is -0.630. The number of nitrogens with zero attached hydrogens (tertiary/aromatic N) is 1. The Balaban J connectivity index is 1.54.